The fourth-order valence-corrected chi connectivity index (χ4v) is 2.44. The van der Waals surface area contributed by atoms with Gasteiger partial charge in [-0.05, 0) is 42.9 Å². The lowest BCUT2D eigenvalue weighted by atomic mass is 9.86. The molecule has 1 aromatic carbocycles. The Labute approximate surface area is 160 Å². The van der Waals surface area contributed by atoms with Crippen LogP contribution in [0.15, 0.2) is 78.6 Å². The van der Waals surface area contributed by atoms with Crippen LogP contribution in [-0.4, -0.2) is 0 Å². The summed E-state index contributed by atoms with van der Waals surface area (Å²) in [5.74, 6) is 1.42. The summed E-state index contributed by atoms with van der Waals surface area (Å²) in [5.41, 5.74) is 4.88. The van der Waals surface area contributed by atoms with E-state index in [9.17, 15) is 0 Å². The smallest absolute Gasteiger partial charge is 0.126 e. The van der Waals surface area contributed by atoms with E-state index in [-0.39, 0.29) is 11.3 Å². The fourth-order valence-electron chi connectivity index (χ4n) is 2.44. The third-order valence-electron chi connectivity index (χ3n) is 4.60. The minimum atomic E-state index is 0.0974. The lowest BCUT2D eigenvalue weighted by Gasteiger charge is -2.20. The van der Waals surface area contributed by atoms with Crippen molar-refractivity contribution in [3.8, 4) is 0 Å². The number of allylic oxidation sites excluding steroid dienone is 6. The number of rotatable bonds is 7. The molecule has 1 aromatic rings. The quantitative estimate of drug-likeness (QED) is 0.363. The molecule has 0 bridgehead atoms. The monoisotopic (exact) mass is 350 g/mol. The van der Waals surface area contributed by atoms with Gasteiger partial charge in [-0.25, -0.2) is 0 Å². The zero-order valence-electron chi connectivity index (χ0n) is 17.5. The van der Waals surface area contributed by atoms with Gasteiger partial charge in [-0.3, -0.25) is 0 Å². The van der Waals surface area contributed by atoms with Crippen LogP contribution in [0.3, 0.4) is 0 Å². The molecule has 0 saturated carbocycles. The van der Waals surface area contributed by atoms with Crippen molar-refractivity contribution in [3.63, 3.8) is 0 Å². The molecule has 0 N–H and O–H groups in total. The molecule has 0 spiro atoms. The van der Waals surface area contributed by atoms with E-state index in [1.165, 1.54) is 16.7 Å². The van der Waals surface area contributed by atoms with Crippen molar-refractivity contribution in [2.75, 3.05) is 0 Å². The highest BCUT2D eigenvalue weighted by molar-refractivity contribution is 5.58. The molecule has 140 valence electrons. The second-order valence-electron chi connectivity index (χ2n) is 7.68. The van der Waals surface area contributed by atoms with Crippen LogP contribution in [-0.2, 0) is 10.2 Å². The van der Waals surface area contributed by atoms with Crippen LogP contribution in [0.4, 0.5) is 0 Å². The highest BCUT2D eigenvalue weighted by Gasteiger charge is 2.14. The van der Waals surface area contributed by atoms with Gasteiger partial charge in [-0.1, -0.05) is 89.4 Å². The molecule has 1 rings (SSSR count). The van der Waals surface area contributed by atoms with Gasteiger partial charge < -0.3 is 4.74 Å². The van der Waals surface area contributed by atoms with Crippen molar-refractivity contribution >= 4 is 5.76 Å². The molecule has 1 nitrogen and oxygen atoms in total. The molecule has 0 radical (unpaired) electrons. The lowest BCUT2D eigenvalue weighted by Crippen LogP contribution is -2.10. The van der Waals surface area contributed by atoms with Crippen molar-refractivity contribution in [1.29, 1.82) is 0 Å². The van der Waals surface area contributed by atoms with Gasteiger partial charge >= 0.3 is 0 Å². The number of hydrogen-bond donors (Lipinski definition) is 0. The number of benzene rings is 1. The van der Waals surface area contributed by atoms with Crippen molar-refractivity contribution in [3.05, 3.63) is 89.8 Å². The molecule has 0 aliphatic heterocycles. The Morgan fingerprint density at radius 3 is 2.08 bits per heavy atom. The van der Waals surface area contributed by atoms with E-state index in [1.54, 1.807) is 0 Å². The van der Waals surface area contributed by atoms with Gasteiger partial charge in [-0.2, -0.15) is 0 Å². The summed E-state index contributed by atoms with van der Waals surface area (Å²) in [6, 6.07) is 8.39. The maximum Gasteiger partial charge on any atom is 0.126 e. The Hall–Kier alpha value is -2.28. The molecule has 1 atom stereocenters. The van der Waals surface area contributed by atoms with Crippen LogP contribution in [0.5, 0.6) is 0 Å². The lowest BCUT2D eigenvalue weighted by molar-refractivity contribution is 0.346. The third kappa shape index (κ3) is 6.22. The highest BCUT2D eigenvalue weighted by Crippen LogP contribution is 2.26. The average molecular weight is 351 g/mol. The summed E-state index contributed by atoms with van der Waals surface area (Å²) in [6.45, 7) is 23.0. The zero-order valence-corrected chi connectivity index (χ0v) is 17.5. The van der Waals surface area contributed by atoms with E-state index >= 15 is 0 Å². The first-order chi connectivity index (χ1) is 12.1. The number of hydrogen-bond acceptors (Lipinski definition) is 1. The zero-order chi connectivity index (χ0) is 19.9. The van der Waals surface area contributed by atoms with Crippen LogP contribution in [0.25, 0.3) is 5.76 Å². The maximum atomic E-state index is 5.90. The standard InChI is InChI=1S/C25H34O/c1-10-18(3)22(11-2)13-12-19(4)20(5)26-21(6)23-14-16-24(17-15-23)25(7,8)9/h10-17,19H,5-6H2,1-4,7-9H3/b13-12-,18-10+,22-11+. The summed E-state index contributed by atoms with van der Waals surface area (Å²) in [5, 5.41) is 0. The van der Waals surface area contributed by atoms with Crippen LogP contribution < -0.4 is 0 Å². The molecule has 0 aliphatic carbocycles. The highest BCUT2D eigenvalue weighted by atomic mass is 16.5. The molecule has 0 saturated heterocycles. The minimum Gasteiger partial charge on any atom is -0.462 e. The average Bonchev–Trinajstić information content (AvgIpc) is 2.60. The van der Waals surface area contributed by atoms with Gasteiger partial charge in [0.05, 0.1) is 0 Å². The Morgan fingerprint density at radius 1 is 1.04 bits per heavy atom. The fraction of sp³-hybridized carbons (Fsp3) is 0.360. The summed E-state index contributed by atoms with van der Waals surface area (Å²) in [6.07, 6.45) is 8.45. The molecule has 0 aromatic heterocycles. The molecule has 0 heterocycles. The van der Waals surface area contributed by atoms with Crippen molar-refractivity contribution in [2.45, 2.75) is 53.9 Å². The summed E-state index contributed by atoms with van der Waals surface area (Å²) in [4.78, 5) is 0. The minimum absolute atomic E-state index is 0.0974. The van der Waals surface area contributed by atoms with E-state index in [0.29, 0.717) is 11.5 Å². The second kappa shape index (κ2) is 9.43. The van der Waals surface area contributed by atoms with E-state index in [2.05, 4.69) is 96.3 Å². The second-order valence-corrected chi connectivity index (χ2v) is 7.68. The van der Waals surface area contributed by atoms with Crippen LogP contribution >= 0.6 is 0 Å². The molecule has 26 heavy (non-hydrogen) atoms. The largest absolute Gasteiger partial charge is 0.462 e. The van der Waals surface area contributed by atoms with Crippen LogP contribution in [0.1, 0.15) is 59.6 Å². The Bertz CT molecular complexity index is 718. The van der Waals surface area contributed by atoms with Gasteiger partial charge in [0, 0.05) is 11.5 Å². The first-order valence-corrected chi connectivity index (χ1v) is 9.24. The molecular weight excluding hydrogens is 316 g/mol. The van der Waals surface area contributed by atoms with Crippen molar-refractivity contribution < 1.29 is 4.74 Å². The SMILES string of the molecule is C=C(OC(=C)C(C)\C=C/C(=C\C)C(/C)=C/C)c1ccc(C(C)(C)C)cc1. The van der Waals surface area contributed by atoms with Crippen LogP contribution in [0, 0.1) is 5.92 Å². The Morgan fingerprint density at radius 2 is 1.62 bits per heavy atom. The Kier molecular flexibility index (Phi) is 7.89. The normalized spacial score (nSPS) is 14.4. The molecule has 0 aliphatic rings. The molecule has 0 amide bonds. The van der Waals surface area contributed by atoms with E-state index in [1.807, 2.05) is 13.8 Å². The first-order valence-electron chi connectivity index (χ1n) is 9.24. The van der Waals surface area contributed by atoms with E-state index in [4.69, 9.17) is 4.74 Å². The third-order valence-corrected chi connectivity index (χ3v) is 4.60. The first kappa shape index (κ1) is 21.8. The summed E-state index contributed by atoms with van der Waals surface area (Å²) in [7, 11) is 0. The molecular formula is C25H34O. The van der Waals surface area contributed by atoms with Gasteiger partial charge in [0.15, 0.2) is 0 Å². The van der Waals surface area contributed by atoms with Gasteiger partial charge in [-0.15, -0.1) is 0 Å². The summed E-state index contributed by atoms with van der Waals surface area (Å²) < 4.78 is 5.90. The summed E-state index contributed by atoms with van der Waals surface area (Å²) >= 11 is 0. The van der Waals surface area contributed by atoms with Gasteiger partial charge in [0.25, 0.3) is 0 Å². The van der Waals surface area contributed by atoms with Crippen molar-refractivity contribution in [2.24, 2.45) is 5.92 Å². The Balaban J connectivity index is 2.76. The predicted molar refractivity (Wildman–Crippen MR) is 116 cm³/mol. The topological polar surface area (TPSA) is 9.23 Å². The van der Waals surface area contributed by atoms with Gasteiger partial charge in [0.2, 0.25) is 0 Å². The molecule has 1 heteroatoms. The van der Waals surface area contributed by atoms with E-state index < -0.39 is 0 Å². The van der Waals surface area contributed by atoms with Crippen molar-refractivity contribution in [1.82, 2.24) is 0 Å². The van der Waals surface area contributed by atoms with Crippen LogP contribution in [0.2, 0.25) is 0 Å². The van der Waals surface area contributed by atoms with E-state index in [0.717, 1.165) is 5.56 Å². The van der Waals surface area contributed by atoms with Gasteiger partial charge in [0.1, 0.15) is 11.5 Å². The molecule has 1 unspecified atom stereocenters. The number of ether oxygens (including phenoxy) is 1. The molecule has 0 fully saturated rings. The maximum absolute atomic E-state index is 5.90. The predicted octanol–water partition coefficient (Wildman–Crippen LogP) is 7.59.